The summed E-state index contributed by atoms with van der Waals surface area (Å²) in [5, 5.41) is 0. The van der Waals surface area contributed by atoms with E-state index < -0.39 is 0 Å². The number of alkyl halides is 1. The molecule has 0 radical (unpaired) electrons. The summed E-state index contributed by atoms with van der Waals surface area (Å²) >= 11 is 5.71. The van der Waals surface area contributed by atoms with E-state index in [-0.39, 0.29) is 0 Å². The molecule has 0 aliphatic heterocycles. The molecule has 0 atom stereocenters. The highest BCUT2D eigenvalue weighted by molar-refractivity contribution is 6.16. The second kappa shape index (κ2) is 4.99. The van der Waals surface area contributed by atoms with Crippen LogP contribution in [0.3, 0.4) is 0 Å². The van der Waals surface area contributed by atoms with E-state index in [1.54, 1.807) is 24.9 Å². The molecule has 0 fully saturated rings. The maximum Gasteiger partial charge on any atom is 0.147 e. The molecule has 0 amide bonds. The number of halogens is 1. The average molecular weight is 238 g/mol. The first kappa shape index (κ1) is 11.0. The molecule has 2 aromatic rings. The Morgan fingerprint density at radius 2 is 2.31 bits per heavy atom. The van der Waals surface area contributed by atoms with Crippen molar-refractivity contribution in [3.8, 4) is 0 Å². The van der Waals surface area contributed by atoms with Crippen molar-refractivity contribution in [2.75, 3.05) is 11.9 Å². The van der Waals surface area contributed by atoms with Gasteiger partial charge in [-0.15, -0.1) is 11.6 Å². The minimum Gasteiger partial charge on any atom is -0.472 e. The Bertz CT molecular complexity index is 444. The van der Waals surface area contributed by atoms with Crippen molar-refractivity contribution < 1.29 is 4.42 Å². The van der Waals surface area contributed by atoms with E-state index in [9.17, 15) is 0 Å². The standard InChI is InChI=1S/C11H12ClN3O/c1-15(7-9-2-3-16-8-9)11-6-13-5-10(4-12)14-11/h2-3,5-6,8H,4,7H2,1H3. The van der Waals surface area contributed by atoms with E-state index in [0.717, 1.165) is 23.6 Å². The van der Waals surface area contributed by atoms with Gasteiger partial charge in [0.05, 0.1) is 30.3 Å². The number of hydrogen-bond acceptors (Lipinski definition) is 4. The van der Waals surface area contributed by atoms with Gasteiger partial charge in [0.25, 0.3) is 0 Å². The van der Waals surface area contributed by atoms with Crippen molar-refractivity contribution in [2.45, 2.75) is 12.4 Å². The Morgan fingerprint density at radius 1 is 1.44 bits per heavy atom. The summed E-state index contributed by atoms with van der Waals surface area (Å²) in [6, 6.07) is 1.93. The fraction of sp³-hybridized carbons (Fsp3) is 0.273. The lowest BCUT2D eigenvalue weighted by Gasteiger charge is -2.16. The second-order valence-electron chi connectivity index (χ2n) is 3.49. The third-order valence-electron chi connectivity index (χ3n) is 2.20. The van der Waals surface area contributed by atoms with Crippen molar-refractivity contribution in [3.05, 3.63) is 42.2 Å². The van der Waals surface area contributed by atoms with Crippen LogP contribution in [0.5, 0.6) is 0 Å². The van der Waals surface area contributed by atoms with E-state index in [4.69, 9.17) is 16.0 Å². The van der Waals surface area contributed by atoms with Crippen molar-refractivity contribution in [3.63, 3.8) is 0 Å². The van der Waals surface area contributed by atoms with Gasteiger partial charge in [-0.25, -0.2) is 4.98 Å². The third kappa shape index (κ3) is 2.52. The molecule has 84 valence electrons. The number of nitrogens with zero attached hydrogens (tertiary/aromatic N) is 3. The van der Waals surface area contributed by atoms with Gasteiger partial charge in [0.15, 0.2) is 0 Å². The van der Waals surface area contributed by atoms with Gasteiger partial charge in [-0.05, 0) is 6.07 Å². The van der Waals surface area contributed by atoms with Crippen LogP contribution in [-0.2, 0) is 12.4 Å². The molecule has 0 N–H and O–H groups in total. The molecule has 0 bridgehead atoms. The summed E-state index contributed by atoms with van der Waals surface area (Å²) in [4.78, 5) is 10.5. The first-order valence-electron chi connectivity index (χ1n) is 4.88. The van der Waals surface area contributed by atoms with Crippen molar-refractivity contribution in [1.82, 2.24) is 9.97 Å². The highest BCUT2D eigenvalue weighted by Gasteiger charge is 2.05. The summed E-state index contributed by atoms with van der Waals surface area (Å²) in [5.41, 5.74) is 1.87. The summed E-state index contributed by atoms with van der Waals surface area (Å²) in [6.07, 6.45) is 6.76. The normalized spacial score (nSPS) is 10.4. The van der Waals surface area contributed by atoms with Crippen LogP contribution >= 0.6 is 11.6 Å². The molecule has 0 aromatic carbocycles. The van der Waals surface area contributed by atoms with E-state index in [0.29, 0.717) is 5.88 Å². The maximum absolute atomic E-state index is 5.71. The van der Waals surface area contributed by atoms with Crippen molar-refractivity contribution in [1.29, 1.82) is 0 Å². The van der Waals surface area contributed by atoms with E-state index in [1.807, 2.05) is 18.0 Å². The van der Waals surface area contributed by atoms with Gasteiger partial charge in [0, 0.05) is 25.4 Å². The fourth-order valence-electron chi connectivity index (χ4n) is 1.38. The number of anilines is 1. The molecule has 0 aliphatic rings. The molecule has 0 saturated heterocycles. The molecule has 0 spiro atoms. The SMILES string of the molecule is CN(Cc1ccoc1)c1cncc(CCl)n1. The van der Waals surface area contributed by atoms with Gasteiger partial charge in [-0.1, -0.05) is 0 Å². The summed E-state index contributed by atoms with van der Waals surface area (Å²) in [5.74, 6) is 1.18. The van der Waals surface area contributed by atoms with Gasteiger partial charge in [-0.3, -0.25) is 4.98 Å². The quantitative estimate of drug-likeness (QED) is 0.766. The zero-order valence-corrected chi connectivity index (χ0v) is 9.68. The Kier molecular flexibility index (Phi) is 3.41. The lowest BCUT2D eigenvalue weighted by atomic mass is 10.3. The Labute approximate surface area is 98.9 Å². The molecule has 2 heterocycles. The highest BCUT2D eigenvalue weighted by atomic mass is 35.5. The van der Waals surface area contributed by atoms with Crippen LogP contribution in [-0.4, -0.2) is 17.0 Å². The predicted octanol–water partition coefficient (Wildman–Crippen LogP) is 2.44. The zero-order chi connectivity index (χ0) is 11.4. The number of furan rings is 1. The van der Waals surface area contributed by atoms with Crippen LogP contribution in [0.15, 0.2) is 35.4 Å². The van der Waals surface area contributed by atoms with Crippen LogP contribution in [0.4, 0.5) is 5.82 Å². The van der Waals surface area contributed by atoms with Crippen LogP contribution < -0.4 is 4.90 Å². The minimum atomic E-state index is 0.375. The average Bonchev–Trinajstić information content (AvgIpc) is 2.82. The molecule has 16 heavy (non-hydrogen) atoms. The van der Waals surface area contributed by atoms with E-state index >= 15 is 0 Å². The molecule has 0 unspecified atom stereocenters. The largest absolute Gasteiger partial charge is 0.472 e. The molecular weight excluding hydrogens is 226 g/mol. The van der Waals surface area contributed by atoms with Crippen LogP contribution in [0.25, 0.3) is 0 Å². The highest BCUT2D eigenvalue weighted by Crippen LogP contribution is 2.12. The molecule has 4 nitrogen and oxygen atoms in total. The van der Waals surface area contributed by atoms with Gasteiger partial charge in [0.2, 0.25) is 0 Å². The zero-order valence-electron chi connectivity index (χ0n) is 8.93. The van der Waals surface area contributed by atoms with E-state index in [1.165, 1.54) is 0 Å². The smallest absolute Gasteiger partial charge is 0.147 e. The van der Waals surface area contributed by atoms with Crippen LogP contribution in [0.1, 0.15) is 11.3 Å². The Morgan fingerprint density at radius 3 is 3.00 bits per heavy atom. The molecule has 0 aliphatic carbocycles. The molecule has 0 saturated carbocycles. The number of rotatable bonds is 4. The van der Waals surface area contributed by atoms with Gasteiger partial charge < -0.3 is 9.32 Å². The van der Waals surface area contributed by atoms with E-state index in [2.05, 4.69) is 9.97 Å². The van der Waals surface area contributed by atoms with Crippen LogP contribution in [0, 0.1) is 0 Å². The monoisotopic (exact) mass is 237 g/mol. The number of aromatic nitrogens is 2. The van der Waals surface area contributed by atoms with Crippen molar-refractivity contribution >= 4 is 17.4 Å². The summed E-state index contributed by atoms with van der Waals surface area (Å²) in [6.45, 7) is 0.733. The topological polar surface area (TPSA) is 42.2 Å². The predicted molar refractivity (Wildman–Crippen MR) is 62.4 cm³/mol. The first-order chi connectivity index (χ1) is 7.79. The summed E-state index contributed by atoms with van der Waals surface area (Å²) < 4.78 is 5.01. The lowest BCUT2D eigenvalue weighted by molar-refractivity contribution is 0.563. The Hall–Kier alpha value is -1.55. The second-order valence-corrected chi connectivity index (χ2v) is 3.76. The fourth-order valence-corrected chi connectivity index (χ4v) is 1.51. The van der Waals surface area contributed by atoms with Crippen LogP contribution in [0.2, 0.25) is 0 Å². The molecular formula is C11H12ClN3O. The first-order valence-corrected chi connectivity index (χ1v) is 5.42. The third-order valence-corrected chi connectivity index (χ3v) is 2.47. The molecule has 2 aromatic heterocycles. The molecule has 5 heteroatoms. The minimum absolute atomic E-state index is 0.375. The summed E-state index contributed by atoms with van der Waals surface area (Å²) in [7, 11) is 1.95. The van der Waals surface area contributed by atoms with Crippen molar-refractivity contribution in [2.24, 2.45) is 0 Å². The maximum atomic E-state index is 5.71. The van der Waals surface area contributed by atoms with Gasteiger partial charge in [0.1, 0.15) is 5.82 Å². The molecule has 2 rings (SSSR count). The number of hydrogen-bond donors (Lipinski definition) is 0. The Balaban J connectivity index is 2.11. The lowest BCUT2D eigenvalue weighted by Crippen LogP contribution is -2.17. The van der Waals surface area contributed by atoms with Gasteiger partial charge in [-0.2, -0.15) is 0 Å². The van der Waals surface area contributed by atoms with Gasteiger partial charge >= 0.3 is 0 Å².